The summed E-state index contributed by atoms with van der Waals surface area (Å²) in [5, 5.41) is 3.10. The monoisotopic (exact) mass is 328 g/mol. The number of hydrogen-bond donors (Lipinski definition) is 1. The fraction of sp³-hybridized carbons (Fsp3) is 0.429. The smallest absolute Gasteiger partial charge is 0.322 e. The molecule has 2 fully saturated rings. The number of rotatable bonds is 3. The number of urea groups is 1. The van der Waals surface area contributed by atoms with Crippen LogP contribution in [0.1, 0.15) is 12.0 Å². The second kappa shape index (κ2) is 5.50. The number of amides is 3. The first-order valence-electron chi connectivity index (χ1n) is 6.68. The van der Waals surface area contributed by atoms with Crippen LogP contribution in [0.15, 0.2) is 18.2 Å². The Morgan fingerprint density at radius 3 is 2.90 bits per heavy atom. The number of thioether (sulfide) groups is 1. The largest absolute Gasteiger partial charge is 0.325 e. The maximum absolute atomic E-state index is 13.7. The number of benzene rings is 1. The van der Waals surface area contributed by atoms with Crippen molar-refractivity contribution in [3.63, 3.8) is 0 Å². The van der Waals surface area contributed by atoms with Gasteiger partial charge in [-0.2, -0.15) is 11.8 Å². The van der Waals surface area contributed by atoms with E-state index in [4.69, 9.17) is 11.6 Å². The van der Waals surface area contributed by atoms with Gasteiger partial charge in [-0.25, -0.2) is 9.18 Å². The Balaban J connectivity index is 1.74. The van der Waals surface area contributed by atoms with Gasteiger partial charge in [-0.1, -0.05) is 17.7 Å². The van der Waals surface area contributed by atoms with Crippen LogP contribution < -0.4 is 5.32 Å². The van der Waals surface area contributed by atoms with Gasteiger partial charge in [-0.05, 0) is 30.7 Å². The first-order chi connectivity index (χ1) is 10.0. The van der Waals surface area contributed by atoms with Gasteiger partial charge in [0.25, 0.3) is 5.91 Å². The quantitative estimate of drug-likeness (QED) is 0.867. The Morgan fingerprint density at radius 1 is 1.43 bits per heavy atom. The molecular weight excluding hydrogens is 315 g/mol. The zero-order valence-corrected chi connectivity index (χ0v) is 12.8. The van der Waals surface area contributed by atoms with Crippen LogP contribution in [-0.2, 0) is 11.2 Å². The van der Waals surface area contributed by atoms with E-state index in [0.29, 0.717) is 22.8 Å². The highest BCUT2D eigenvalue weighted by Crippen LogP contribution is 2.33. The van der Waals surface area contributed by atoms with Gasteiger partial charge in [0.1, 0.15) is 11.4 Å². The van der Waals surface area contributed by atoms with Crippen molar-refractivity contribution >= 4 is 35.3 Å². The van der Waals surface area contributed by atoms with Gasteiger partial charge in [-0.15, -0.1) is 0 Å². The molecule has 1 spiro atoms. The van der Waals surface area contributed by atoms with E-state index in [1.54, 1.807) is 17.8 Å². The summed E-state index contributed by atoms with van der Waals surface area (Å²) in [6.07, 6.45) is 0.868. The molecule has 3 amide bonds. The summed E-state index contributed by atoms with van der Waals surface area (Å²) in [4.78, 5) is 25.6. The van der Waals surface area contributed by atoms with Gasteiger partial charge in [0.15, 0.2) is 0 Å². The summed E-state index contributed by atoms with van der Waals surface area (Å²) in [6.45, 7) is 0.137. The summed E-state index contributed by atoms with van der Waals surface area (Å²) in [7, 11) is 0. The van der Waals surface area contributed by atoms with Crippen LogP contribution in [0.3, 0.4) is 0 Å². The minimum atomic E-state index is -0.749. The molecule has 112 valence electrons. The Labute approximate surface area is 131 Å². The lowest BCUT2D eigenvalue weighted by atomic mass is 9.99. The fourth-order valence-corrected chi connectivity index (χ4v) is 4.29. The molecule has 0 bridgehead atoms. The van der Waals surface area contributed by atoms with Gasteiger partial charge in [0.2, 0.25) is 0 Å². The molecule has 1 aromatic carbocycles. The zero-order valence-electron chi connectivity index (χ0n) is 11.2. The lowest BCUT2D eigenvalue weighted by Gasteiger charge is -2.19. The van der Waals surface area contributed by atoms with Gasteiger partial charge in [0, 0.05) is 22.9 Å². The van der Waals surface area contributed by atoms with Crippen LogP contribution >= 0.6 is 23.4 Å². The molecule has 1 unspecified atom stereocenters. The van der Waals surface area contributed by atoms with Crippen molar-refractivity contribution in [2.24, 2.45) is 0 Å². The Morgan fingerprint density at radius 2 is 2.24 bits per heavy atom. The third-order valence-corrected chi connectivity index (χ3v) is 5.46. The number of carbonyl (C=O) groups excluding carboxylic acids is 2. The molecule has 0 radical (unpaired) electrons. The van der Waals surface area contributed by atoms with Gasteiger partial charge >= 0.3 is 6.03 Å². The fourth-order valence-electron chi connectivity index (χ4n) is 2.71. The van der Waals surface area contributed by atoms with Crippen molar-refractivity contribution < 1.29 is 14.0 Å². The summed E-state index contributed by atoms with van der Waals surface area (Å²) in [6, 6.07) is 4.05. The van der Waals surface area contributed by atoms with Crippen molar-refractivity contribution in [2.75, 3.05) is 18.1 Å². The number of halogens is 2. The molecule has 1 N–H and O–H groups in total. The van der Waals surface area contributed by atoms with Crippen molar-refractivity contribution in [3.8, 4) is 0 Å². The first-order valence-corrected chi connectivity index (χ1v) is 8.21. The predicted molar refractivity (Wildman–Crippen MR) is 80.0 cm³/mol. The Bertz CT molecular complexity index is 584. The molecule has 21 heavy (non-hydrogen) atoms. The maximum Gasteiger partial charge on any atom is 0.325 e. The van der Waals surface area contributed by atoms with Gasteiger partial charge in [0.05, 0.1) is 0 Å². The normalized spacial score (nSPS) is 25.0. The molecule has 0 saturated carbocycles. The molecule has 4 nitrogen and oxygen atoms in total. The van der Waals surface area contributed by atoms with Gasteiger partial charge in [-0.3, -0.25) is 9.69 Å². The number of nitrogens with zero attached hydrogens (tertiary/aromatic N) is 1. The van der Waals surface area contributed by atoms with Crippen molar-refractivity contribution in [2.45, 2.75) is 18.4 Å². The first kappa shape index (κ1) is 14.7. The van der Waals surface area contributed by atoms with Crippen LogP contribution in [-0.4, -0.2) is 40.4 Å². The molecule has 7 heteroatoms. The highest BCUT2D eigenvalue weighted by Gasteiger charge is 2.52. The second-order valence-corrected chi connectivity index (χ2v) is 6.73. The van der Waals surface area contributed by atoms with E-state index in [1.165, 1.54) is 17.0 Å². The third-order valence-electron chi connectivity index (χ3n) is 3.91. The van der Waals surface area contributed by atoms with Crippen molar-refractivity contribution in [1.29, 1.82) is 0 Å². The van der Waals surface area contributed by atoms with E-state index in [-0.39, 0.29) is 18.9 Å². The molecule has 2 saturated heterocycles. The molecule has 1 aromatic rings. The molecule has 0 aliphatic carbocycles. The van der Waals surface area contributed by atoms with E-state index < -0.39 is 17.4 Å². The molecule has 3 rings (SSSR count). The molecule has 1 atom stereocenters. The van der Waals surface area contributed by atoms with Crippen molar-refractivity contribution in [1.82, 2.24) is 10.2 Å². The van der Waals surface area contributed by atoms with E-state index in [9.17, 15) is 14.0 Å². The average molecular weight is 329 g/mol. The van der Waals surface area contributed by atoms with Gasteiger partial charge < -0.3 is 5.32 Å². The molecular formula is C14H14ClFN2O2S. The zero-order chi connectivity index (χ0) is 15.0. The summed E-state index contributed by atoms with van der Waals surface area (Å²) < 4.78 is 13.7. The number of carbonyl (C=O) groups is 2. The average Bonchev–Trinajstić information content (AvgIpc) is 2.99. The SMILES string of the molecule is O=C1NC2(CCSC2)C(=O)N1CCc1c(F)cccc1Cl. The lowest BCUT2D eigenvalue weighted by Crippen LogP contribution is -2.47. The van der Waals surface area contributed by atoms with Crippen molar-refractivity contribution in [3.05, 3.63) is 34.6 Å². The number of imide groups is 1. The molecule has 2 aliphatic rings. The minimum Gasteiger partial charge on any atom is -0.322 e. The second-order valence-electron chi connectivity index (χ2n) is 5.22. The van der Waals surface area contributed by atoms with E-state index >= 15 is 0 Å². The standard InChI is InChI=1S/C14H14ClFN2O2S/c15-10-2-1-3-11(16)9(10)4-6-18-12(19)14(17-13(18)20)5-7-21-8-14/h1-3H,4-8H2,(H,17,20). The van der Waals surface area contributed by atoms with Crippen LogP contribution in [0.2, 0.25) is 5.02 Å². The van der Waals surface area contributed by atoms with Crippen LogP contribution in [0.25, 0.3) is 0 Å². The summed E-state index contributed by atoms with van der Waals surface area (Å²) in [5.41, 5.74) is -0.414. The highest BCUT2D eigenvalue weighted by atomic mass is 35.5. The molecule has 0 aromatic heterocycles. The van der Waals surface area contributed by atoms with Crippen LogP contribution in [0, 0.1) is 5.82 Å². The third kappa shape index (κ3) is 2.51. The highest BCUT2D eigenvalue weighted by molar-refractivity contribution is 7.99. The minimum absolute atomic E-state index is 0.137. The van der Waals surface area contributed by atoms with Crippen LogP contribution in [0.4, 0.5) is 9.18 Å². The summed E-state index contributed by atoms with van der Waals surface area (Å²) >= 11 is 7.62. The number of nitrogens with one attached hydrogen (secondary N) is 1. The summed E-state index contributed by atoms with van der Waals surface area (Å²) in [5.74, 6) is 0.846. The Kier molecular flexibility index (Phi) is 3.84. The van der Waals surface area contributed by atoms with E-state index in [0.717, 1.165) is 5.75 Å². The van der Waals surface area contributed by atoms with Crippen LogP contribution in [0.5, 0.6) is 0 Å². The molecule has 2 heterocycles. The van der Waals surface area contributed by atoms with E-state index in [2.05, 4.69) is 5.32 Å². The van der Waals surface area contributed by atoms with E-state index in [1.807, 2.05) is 0 Å². The topological polar surface area (TPSA) is 49.4 Å². The lowest BCUT2D eigenvalue weighted by molar-refractivity contribution is -0.130. The Hall–Kier alpha value is -1.27. The molecule has 2 aliphatic heterocycles. The predicted octanol–water partition coefficient (Wildman–Crippen LogP) is 2.45. The maximum atomic E-state index is 13.7. The number of hydrogen-bond acceptors (Lipinski definition) is 3.